The molecular weight excluding hydrogens is 266 g/mol. The Labute approximate surface area is 123 Å². The Morgan fingerprint density at radius 2 is 1.95 bits per heavy atom. The summed E-state index contributed by atoms with van der Waals surface area (Å²) in [6.07, 6.45) is 3.81. The normalized spacial score (nSPS) is 16.0. The lowest BCUT2D eigenvalue weighted by molar-refractivity contribution is 0.0996. The number of nitrogens with one attached hydrogen (secondary N) is 1. The molecule has 21 heavy (non-hydrogen) atoms. The maximum Gasteiger partial charge on any atom is 0.271 e. The van der Waals surface area contributed by atoms with Crippen molar-refractivity contribution >= 4 is 5.91 Å². The summed E-state index contributed by atoms with van der Waals surface area (Å²) in [5.41, 5.74) is 8.16. The average molecular weight is 285 g/mol. The summed E-state index contributed by atoms with van der Waals surface area (Å²) < 4.78 is 0. The van der Waals surface area contributed by atoms with Crippen LogP contribution < -0.4 is 5.73 Å². The number of H-pyrrole nitrogens is 1. The average Bonchev–Trinajstić information content (AvgIpc) is 2.98. The van der Waals surface area contributed by atoms with Gasteiger partial charge < -0.3 is 5.73 Å². The third-order valence-corrected chi connectivity index (χ3v) is 3.90. The molecule has 0 saturated carbocycles. The highest BCUT2D eigenvalue weighted by Gasteiger charge is 2.19. The van der Waals surface area contributed by atoms with Gasteiger partial charge in [-0.2, -0.15) is 15.4 Å². The molecule has 0 bridgehead atoms. The van der Waals surface area contributed by atoms with Gasteiger partial charge >= 0.3 is 0 Å². The molecule has 1 amide bonds. The van der Waals surface area contributed by atoms with Crippen LogP contribution >= 0.6 is 0 Å². The molecule has 0 unspecified atom stereocenters. The van der Waals surface area contributed by atoms with Gasteiger partial charge in [0.1, 0.15) is 5.69 Å². The number of aromatic amines is 1. The van der Waals surface area contributed by atoms with E-state index in [1.54, 1.807) is 0 Å². The number of benzene rings is 1. The zero-order valence-electron chi connectivity index (χ0n) is 11.9. The smallest absolute Gasteiger partial charge is 0.271 e. The molecule has 1 fully saturated rings. The number of carbonyl (C=O) groups excluding carboxylic acids is 1. The summed E-state index contributed by atoms with van der Waals surface area (Å²) in [4.78, 5) is 13.9. The van der Waals surface area contributed by atoms with E-state index < -0.39 is 5.91 Å². The zero-order valence-corrected chi connectivity index (χ0v) is 11.9. The number of aromatic nitrogens is 3. The van der Waals surface area contributed by atoms with Crippen LogP contribution in [-0.4, -0.2) is 39.3 Å². The molecule has 0 aliphatic carbocycles. The quantitative estimate of drug-likeness (QED) is 0.892. The molecule has 0 spiro atoms. The van der Waals surface area contributed by atoms with Gasteiger partial charge in [0, 0.05) is 12.1 Å². The minimum atomic E-state index is -0.563. The number of rotatable bonds is 4. The third kappa shape index (κ3) is 2.95. The van der Waals surface area contributed by atoms with Crippen LogP contribution in [0.2, 0.25) is 0 Å². The number of primary amides is 1. The lowest BCUT2D eigenvalue weighted by Gasteiger charge is -2.27. The van der Waals surface area contributed by atoms with Crippen LogP contribution in [0.1, 0.15) is 35.3 Å². The Balaban J connectivity index is 1.91. The fourth-order valence-corrected chi connectivity index (χ4v) is 2.84. The second-order valence-electron chi connectivity index (χ2n) is 5.38. The molecule has 110 valence electrons. The van der Waals surface area contributed by atoms with Crippen LogP contribution in [0.4, 0.5) is 0 Å². The fourth-order valence-electron chi connectivity index (χ4n) is 2.84. The zero-order chi connectivity index (χ0) is 14.7. The van der Waals surface area contributed by atoms with Gasteiger partial charge in [-0.15, -0.1) is 0 Å². The molecule has 6 nitrogen and oxygen atoms in total. The van der Waals surface area contributed by atoms with Gasteiger partial charge in [-0.3, -0.25) is 9.69 Å². The monoisotopic (exact) mass is 285 g/mol. The summed E-state index contributed by atoms with van der Waals surface area (Å²) in [6, 6.07) is 7.98. The van der Waals surface area contributed by atoms with Crippen molar-refractivity contribution < 1.29 is 4.79 Å². The van der Waals surface area contributed by atoms with Crippen molar-refractivity contribution in [1.82, 2.24) is 20.3 Å². The molecule has 2 heterocycles. The lowest BCUT2D eigenvalue weighted by atomic mass is 10.0. The summed E-state index contributed by atoms with van der Waals surface area (Å²) >= 11 is 0. The second-order valence-corrected chi connectivity index (χ2v) is 5.38. The van der Waals surface area contributed by atoms with Gasteiger partial charge in [-0.05, 0) is 31.5 Å². The van der Waals surface area contributed by atoms with E-state index in [4.69, 9.17) is 5.73 Å². The number of piperidine rings is 1. The molecule has 0 atom stereocenters. The van der Waals surface area contributed by atoms with Crippen LogP contribution in [0.5, 0.6) is 0 Å². The molecule has 1 aliphatic rings. The molecule has 1 aliphatic heterocycles. The number of likely N-dealkylation sites (tertiary alicyclic amines) is 1. The minimum absolute atomic E-state index is 0.195. The van der Waals surface area contributed by atoms with E-state index in [1.807, 2.05) is 18.2 Å². The van der Waals surface area contributed by atoms with Crippen molar-refractivity contribution in [3.05, 3.63) is 35.5 Å². The molecule has 6 heteroatoms. The van der Waals surface area contributed by atoms with Gasteiger partial charge in [0.2, 0.25) is 0 Å². The molecular formula is C15H19N5O. The molecule has 1 aromatic carbocycles. The summed E-state index contributed by atoms with van der Waals surface area (Å²) in [6.45, 7) is 3.10. The highest BCUT2D eigenvalue weighted by Crippen LogP contribution is 2.25. The first kappa shape index (κ1) is 13.8. The molecule has 1 saturated heterocycles. The summed E-state index contributed by atoms with van der Waals surface area (Å²) in [7, 11) is 0. The van der Waals surface area contributed by atoms with Gasteiger partial charge in [0.05, 0.1) is 0 Å². The Hall–Kier alpha value is -2.21. The van der Waals surface area contributed by atoms with Crippen LogP contribution in [0.3, 0.4) is 0 Å². The van der Waals surface area contributed by atoms with Crippen molar-refractivity contribution in [2.75, 3.05) is 13.1 Å². The van der Waals surface area contributed by atoms with E-state index in [2.05, 4.69) is 26.4 Å². The molecule has 1 aromatic heterocycles. The third-order valence-electron chi connectivity index (χ3n) is 3.90. The predicted molar refractivity (Wildman–Crippen MR) is 79.5 cm³/mol. The number of nitrogens with zero attached hydrogens (tertiary/aromatic N) is 3. The minimum Gasteiger partial charge on any atom is -0.364 e. The van der Waals surface area contributed by atoms with E-state index in [-0.39, 0.29) is 5.69 Å². The van der Waals surface area contributed by atoms with Crippen molar-refractivity contribution in [1.29, 1.82) is 0 Å². The summed E-state index contributed by atoms with van der Waals surface area (Å²) in [5, 5.41) is 10.5. The van der Waals surface area contributed by atoms with Gasteiger partial charge in [-0.25, -0.2) is 0 Å². The van der Waals surface area contributed by atoms with E-state index >= 15 is 0 Å². The van der Waals surface area contributed by atoms with Crippen molar-refractivity contribution in [3.8, 4) is 11.3 Å². The molecule has 2 aromatic rings. The lowest BCUT2D eigenvalue weighted by Crippen LogP contribution is -2.29. The first-order valence-corrected chi connectivity index (χ1v) is 7.27. The maximum atomic E-state index is 11.4. The number of nitrogens with two attached hydrogens (primary N) is 1. The Bertz CT molecular complexity index is 630. The van der Waals surface area contributed by atoms with Gasteiger partial charge in [-0.1, -0.05) is 30.7 Å². The maximum absolute atomic E-state index is 11.4. The Morgan fingerprint density at radius 3 is 2.71 bits per heavy atom. The summed E-state index contributed by atoms with van der Waals surface area (Å²) in [5.74, 6) is -0.563. The van der Waals surface area contributed by atoms with Gasteiger partial charge in [0.15, 0.2) is 5.69 Å². The van der Waals surface area contributed by atoms with Gasteiger partial charge in [0.25, 0.3) is 5.91 Å². The molecule has 0 radical (unpaired) electrons. The fraction of sp³-hybridized carbons (Fsp3) is 0.400. The number of hydrogen-bond acceptors (Lipinski definition) is 4. The van der Waals surface area contributed by atoms with E-state index in [0.29, 0.717) is 5.69 Å². The largest absolute Gasteiger partial charge is 0.364 e. The standard InChI is InChI=1S/C15H19N5O/c16-15(21)14-13(17-19-18-14)12-7-3-2-6-11(12)10-20-8-4-1-5-9-20/h2-3,6-7H,1,4-5,8-10H2,(H2,16,21)(H,17,18,19). The molecule has 3 N–H and O–H groups in total. The van der Waals surface area contributed by atoms with Crippen LogP contribution in [-0.2, 0) is 6.54 Å². The van der Waals surface area contributed by atoms with Crippen LogP contribution in [0.15, 0.2) is 24.3 Å². The first-order valence-electron chi connectivity index (χ1n) is 7.27. The van der Waals surface area contributed by atoms with E-state index in [0.717, 1.165) is 30.8 Å². The van der Waals surface area contributed by atoms with Crippen molar-refractivity contribution in [2.45, 2.75) is 25.8 Å². The molecule has 3 rings (SSSR count). The number of amides is 1. The second kappa shape index (κ2) is 6.05. The van der Waals surface area contributed by atoms with E-state index in [9.17, 15) is 4.79 Å². The topological polar surface area (TPSA) is 87.9 Å². The van der Waals surface area contributed by atoms with Crippen molar-refractivity contribution in [2.24, 2.45) is 5.73 Å². The van der Waals surface area contributed by atoms with Crippen molar-refractivity contribution in [3.63, 3.8) is 0 Å². The Kier molecular flexibility index (Phi) is 3.96. The number of hydrogen-bond donors (Lipinski definition) is 2. The van der Waals surface area contributed by atoms with E-state index in [1.165, 1.54) is 19.3 Å². The van der Waals surface area contributed by atoms with Crippen LogP contribution in [0, 0.1) is 0 Å². The Morgan fingerprint density at radius 1 is 1.19 bits per heavy atom. The SMILES string of the molecule is NC(=O)c1n[nH]nc1-c1ccccc1CN1CCCCC1. The number of carbonyl (C=O) groups is 1. The van der Waals surface area contributed by atoms with Crippen LogP contribution in [0.25, 0.3) is 11.3 Å². The first-order chi connectivity index (χ1) is 10.3. The predicted octanol–water partition coefficient (Wildman–Crippen LogP) is 1.56. The highest BCUT2D eigenvalue weighted by molar-refractivity contribution is 5.97. The highest BCUT2D eigenvalue weighted by atomic mass is 16.1.